The van der Waals surface area contributed by atoms with E-state index in [4.69, 9.17) is 0 Å². The third-order valence-electron chi connectivity index (χ3n) is 6.28. The first-order valence-corrected chi connectivity index (χ1v) is 9.45. The van der Waals surface area contributed by atoms with Crippen LogP contribution in [0.1, 0.15) is 58.8 Å². The van der Waals surface area contributed by atoms with Gasteiger partial charge in [-0.1, -0.05) is 26.7 Å². The van der Waals surface area contributed by atoms with Crippen LogP contribution in [-0.4, -0.2) is 26.0 Å². The van der Waals surface area contributed by atoms with Crippen molar-refractivity contribution in [2.75, 3.05) is 5.75 Å². The molecule has 0 aromatic carbocycles. The van der Waals surface area contributed by atoms with Gasteiger partial charge in [0.15, 0.2) is 0 Å². The predicted molar refractivity (Wildman–Crippen MR) is 77.7 cm³/mol. The number of hydrogen-bond donors (Lipinski definition) is 1. The molecule has 5 heteroatoms. The number of hydrogen-bond acceptors (Lipinski definition) is 3. The zero-order valence-electron chi connectivity index (χ0n) is 12.4. The molecule has 0 aromatic rings. The predicted octanol–water partition coefficient (Wildman–Crippen LogP) is 2.24. The maximum absolute atomic E-state index is 12.5. The number of carbonyl (C=O) groups excluding carboxylic acids is 1. The van der Waals surface area contributed by atoms with Crippen LogP contribution in [0.3, 0.4) is 0 Å². The molecule has 0 spiro atoms. The van der Waals surface area contributed by atoms with Crippen molar-refractivity contribution in [3.8, 4) is 0 Å². The molecular formula is C15H25NO3S. The molecule has 20 heavy (non-hydrogen) atoms. The first-order valence-electron chi connectivity index (χ1n) is 7.80. The molecule has 3 aliphatic carbocycles. The van der Waals surface area contributed by atoms with Gasteiger partial charge in [-0.25, -0.2) is 13.1 Å². The van der Waals surface area contributed by atoms with Gasteiger partial charge in [0.1, 0.15) is 5.78 Å². The van der Waals surface area contributed by atoms with Crippen LogP contribution in [0.25, 0.3) is 0 Å². The van der Waals surface area contributed by atoms with E-state index in [1.165, 1.54) is 0 Å². The molecule has 1 N–H and O–H groups in total. The minimum Gasteiger partial charge on any atom is -0.299 e. The lowest BCUT2D eigenvalue weighted by Gasteiger charge is -2.36. The van der Waals surface area contributed by atoms with E-state index < -0.39 is 15.4 Å². The van der Waals surface area contributed by atoms with Crippen molar-refractivity contribution in [2.45, 2.75) is 64.8 Å². The van der Waals surface area contributed by atoms with E-state index in [0.717, 1.165) is 38.5 Å². The summed E-state index contributed by atoms with van der Waals surface area (Å²) in [6.45, 7) is 4.17. The molecule has 2 atom stereocenters. The van der Waals surface area contributed by atoms with Crippen LogP contribution in [-0.2, 0) is 14.8 Å². The van der Waals surface area contributed by atoms with E-state index in [-0.39, 0.29) is 23.0 Å². The summed E-state index contributed by atoms with van der Waals surface area (Å²) in [6, 6.07) is 0.0909. The molecule has 0 amide bonds. The van der Waals surface area contributed by atoms with Gasteiger partial charge in [-0.05, 0) is 37.0 Å². The van der Waals surface area contributed by atoms with Crippen LogP contribution in [0.15, 0.2) is 0 Å². The fourth-order valence-corrected chi connectivity index (χ4v) is 6.92. The Hall–Kier alpha value is -0.420. The molecule has 3 saturated carbocycles. The maximum Gasteiger partial charge on any atom is 0.212 e. The lowest BCUT2D eigenvalue weighted by molar-refractivity contribution is -0.128. The lowest BCUT2D eigenvalue weighted by Crippen LogP contribution is -2.47. The number of sulfonamides is 1. The minimum atomic E-state index is -3.37. The highest BCUT2D eigenvalue weighted by atomic mass is 32.2. The number of carbonyl (C=O) groups is 1. The second kappa shape index (κ2) is 4.54. The Morgan fingerprint density at radius 3 is 2.35 bits per heavy atom. The molecule has 0 aliphatic heterocycles. The van der Waals surface area contributed by atoms with Gasteiger partial charge in [-0.15, -0.1) is 0 Å². The summed E-state index contributed by atoms with van der Waals surface area (Å²) in [4.78, 5) is 12.4. The maximum atomic E-state index is 12.5. The zero-order chi connectivity index (χ0) is 14.6. The van der Waals surface area contributed by atoms with Gasteiger partial charge in [-0.3, -0.25) is 4.79 Å². The first kappa shape index (κ1) is 14.5. The van der Waals surface area contributed by atoms with Crippen LogP contribution < -0.4 is 4.72 Å². The van der Waals surface area contributed by atoms with Crippen molar-refractivity contribution in [2.24, 2.45) is 16.7 Å². The molecule has 4 nitrogen and oxygen atoms in total. The van der Waals surface area contributed by atoms with E-state index in [1.54, 1.807) is 0 Å². The summed E-state index contributed by atoms with van der Waals surface area (Å²) in [6.07, 6.45) is 6.40. The largest absolute Gasteiger partial charge is 0.299 e. The van der Waals surface area contributed by atoms with Gasteiger partial charge in [0.25, 0.3) is 0 Å². The second-order valence-corrected chi connectivity index (χ2v) is 9.28. The first-order chi connectivity index (χ1) is 9.27. The smallest absolute Gasteiger partial charge is 0.212 e. The van der Waals surface area contributed by atoms with Crippen LogP contribution in [0.4, 0.5) is 0 Å². The molecule has 3 rings (SSSR count). The van der Waals surface area contributed by atoms with Crippen LogP contribution in [0, 0.1) is 16.7 Å². The van der Waals surface area contributed by atoms with Crippen LogP contribution in [0.5, 0.6) is 0 Å². The average molecular weight is 299 g/mol. The Balaban J connectivity index is 1.80. The van der Waals surface area contributed by atoms with Gasteiger partial charge in [0.2, 0.25) is 10.0 Å². The van der Waals surface area contributed by atoms with Gasteiger partial charge in [0, 0.05) is 17.9 Å². The highest BCUT2D eigenvalue weighted by molar-refractivity contribution is 7.89. The molecule has 2 bridgehead atoms. The molecular weight excluding hydrogens is 274 g/mol. The molecule has 0 unspecified atom stereocenters. The van der Waals surface area contributed by atoms with E-state index in [1.807, 2.05) is 0 Å². The Morgan fingerprint density at radius 2 is 1.85 bits per heavy atom. The molecule has 0 heterocycles. The van der Waals surface area contributed by atoms with E-state index in [2.05, 4.69) is 18.6 Å². The number of rotatable bonds is 4. The third-order valence-corrected chi connectivity index (χ3v) is 7.84. The van der Waals surface area contributed by atoms with Crippen molar-refractivity contribution in [3.05, 3.63) is 0 Å². The second-order valence-electron chi connectivity index (χ2n) is 7.53. The Bertz CT molecular complexity index is 519. The Kier molecular flexibility index (Phi) is 3.29. The molecule has 114 valence electrons. The summed E-state index contributed by atoms with van der Waals surface area (Å²) in [5.41, 5.74) is -0.809. The Labute approximate surface area is 121 Å². The molecule has 0 saturated heterocycles. The summed E-state index contributed by atoms with van der Waals surface area (Å²) >= 11 is 0. The lowest BCUT2D eigenvalue weighted by atomic mass is 9.70. The van der Waals surface area contributed by atoms with Gasteiger partial charge < -0.3 is 0 Å². The van der Waals surface area contributed by atoms with Gasteiger partial charge >= 0.3 is 0 Å². The van der Waals surface area contributed by atoms with E-state index in [9.17, 15) is 13.2 Å². The van der Waals surface area contributed by atoms with Crippen molar-refractivity contribution >= 4 is 15.8 Å². The molecule has 3 aliphatic rings. The molecule has 0 radical (unpaired) electrons. The number of nitrogens with one attached hydrogen (secondary N) is 1. The minimum absolute atomic E-state index is 0.00116. The number of fused-ring (bicyclic) bond motifs is 2. The summed E-state index contributed by atoms with van der Waals surface area (Å²) in [7, 11) is -3.37. The molecule has 0 aromatic heterocycles. The van der Waals surface area contributed by atoms with Crippen molar-refractivity contribution in [1.29, 1.82) is 0 Å². The Morgan fingerprint density at radius 1 is 1.20 bits per heavy atom. The quantitative estimate of drug-likeness (QED) is 0.866. The normalized spacial score (nSPS) is 36.9. The summed E-state index contributed by atoms with van der Waals surface area (Å²) in [5, 5.41) is 0. The SMILES string of the molecule is CC1(C)[C@@H]2CC[C@]1(CS(=O)(=O)NC1CCCC1)C(=O)C2. The zero-order valence-corrected chi connectivity index (χ0v) is 13.3. The van der Waals surface area contributed by atoms with E-state index in [0.29, 0.717) is 12.3 Å². The van der Waals surface area contributed by atoms with E-state index >= 15 is 0 Å². The van der Waals surface area contributed by atoms with Gasteiger partial charge in [0.05, 0.1) is 5.75 Å². The van der Waals surface area contributed by atoms with Crippen LogP contribution in [0.2, 0.25) is 0 Å². The standard InChI is InChI=1S/C15H25NO3S/c1-14(2)11-7-8-15(14,13(17)9-11)10-20(18,19)16-12-5-3-4-6-12/h11-12,16H,3-10H2,1-2H3/t11-,15+/m1/s1. The molecule has 3 fully saturated rings. The van der Waals surface area contributed by atoms with Crippen LogP contribution >= 0.6 is 0 Å². The monoisotopic (exact) mass is 299 g/mol. The van der Waals surface area contributed by atoms with Crippen molar-refractivity contribution in [3.63, 3.8) is 0 Å². The third kappa shape index (κ3) is 2.05. The fraction of sp³-hybridized carbons (Fsp3) is 0.933. The summed E-state index contributed by atoms with van der Waals surface area (Å²) in [5.74, 6) is 0.547. The van der Waals surface area contributed by atoms with Gasteiger partial charge in [-0.2, -0.15) is 0 Å². The fourth-order valence-electron chi connectivity index (χ4n) is 4.77. The highest BCUT2D eigenvalue weighted by Gasteiger charge is 2.65. The summed E-state index contributed by atoms with van der Waals surface area (Å²) < 4.78 is 27.8. The average Bonchev–Trinajstić information content (AvgIpc) is 2.94. The highest BCUT2D eigenvalue weighted by Crippen LogP contribution is 2.64. The van der Waals surface area contributed by atoms with Crippen molar-refractivity contribution in [1.82, 2.24) is 4.72 Å². The number of ketones is 1. The van der Waals surface area contributed by atoms with Crippen molar-refractivity contribution < 1.29 is 13.2 Å². The topological polar surface area (TPSA) is 63.2 Å². The number of Topliss-reactive ketones (excluding diaryl/α,β-unsaturated/α-hetero) is 1.